The van der Waals surface area contributed by atoms with Crippen molar-refractivity contribution in [2.24, 2.45) is 5.73 Å². The fourth-order valence-corrected chi connectivity index (χ4v) is 3.95. The van der Waals surface area contributed by atoms with Gasteiger partial charge in [0.25, 0.3) is 0 Å². The topological polar surface area (TPSA) is 81.8 Å². The van der Waals surface area contributed by atoms with Crippen molar-refractivity contribution in [3.05, 3.63) is 91.6 Å². The lowest BCUT2D eigenvalue weighted by Gasteiger charge is -2.16. The second kappa shape index (κ2) is 11.0. The molecule has 0 heterocycles. The minimum absolute atomic E-state index is 0.0854. The van der Waals surface area contributed by atoms with Crippen LogP contribution in [0.25, 0.3) is 0 Å². The number of hydrogen-bond acceptors (Lipinski definition) is 4. The maximum Gasteiger partial charge on any atom is 0.320 e. The molecule has 0 bridgehead atoms. The number of nitrogens with two attached hydrogens (primary N) is 1. The van der Waals surface area contributed by atoms with Crippen molar-refractivity contribution >= 4 is 45.1 Å². The molecule has 5 nitrogen and oxygen atoms in total. The van der Waals surface area contributed by atoms with Crippen LogP contribution in [0.15, 0.2) is 59.1 Å². The van der Waals surface area contributed by atoms with E-state index in [2.05, 4.69) is 15.9 Å². The molecule has 3 N–H and O–H groups in total. The van der Waals surface area contributed by atoms with Crippen molar-refractivity contribution < 1.29 is 23.8 Å². The summed E-state index contributed by atoms with van der Waals surface area (Å²) in [5.41, 5.74) is 7.73. The van der Waals surface area contributed by atoms with Crippen molar-refractivity contribution in [1.29, 1.82) is 0 Å². The predicted octanol–water partition coefficient (Wildman–Crippen LogP) is 6.01. The number of carboxylic acid groups (broad SMARTS) is 1. The molecule has 3 aromatic carbocycles. The Bertz CT molecular complexity index is 1090. The van der Waals surface area contributed by atoms with E-state index in [1.165, 1.54) is 12.1 Å². The van der Waals surface area contributed by atoms with E-state index in [4.69, 9.17) is 43.5 Å². The molecule has 0 aliphatic heterocycles. The number of benzene rings is 3. The van der Waals surface area contributed by atoms with E-state index in [0.29, 0.717) is 11.3 Å². The maximum absolute atomic E-state index is 13.1. The largest absolute Gasteiger partial charge is 0.488 e. The highest BCUT2D eigenvalue weighted by molar-refractivity contribution is 9.10. The van der Waals surface area contributed by atoms with Gasteiger partial charge in [0, 0.05) is 10.0 Å². The Morgan fingerprint density at radius 1 is 1.00 bits per heavy atom. The lowest BCUT2D eigenvalue weighted by Crippen LogP contribution is -2.32. The van der Waals surface area contributed by atoms with E-state index >= 15 is 0 Å². The smallest absolute Gasteiger partial charge is 0.320 e. The van der Waals surface area contributed by atoms with Gasteiger partial charge in [0.2, 0.25) is 0 Å². The number of aliphatic carboxylic acids is 1. The normalized spacial score (nSPS) is 11.8. The van der Waals surface area contributed by atoms with Gasteiger partial charge in [-0.15, -0.1) is 0 Å². The molecule has 0 saturated carbocycles. The van der Waals surface area contributed by atoms with E-state index < -0.39 is 12.0 Å². The average molecular weight is 543 g/mol. The molecule has 1 atom stereocenters. The predicted molar refractivity (Wildman–Crippen MR) is 125 cm³/mol. The van der Waals surface area contributed by atoms with Crippen molar-refractivity contribution in [1.82, 2.24) is 0 Å². The van der Waals surface area contributed by atoms with Crippen LogP contribution in [0, 0.1) is 5.82 Å². The van der Waals surface area contributed by atoms with Gasteiger partial charge in [-0.25, -0.2) is 4.39 Å². The average Bonchev–Trinajstić information content (AvgIpc) is 2.73. The third-order valence-electron chi connectivity index (χ3n) is 4.53. The third kappa shape index (κ3) is 6.59. The molecule has 0 amide bonds. The van der Waals surface area contributed by atoms with Crippen molar-refractivity contribution in [3.63, 3.8) is 0 Å². The summed E-state index contributed by atoms with van der Waals surface area (Å²) in [5, 5.41) is 9.46. The summed E-state index contributed by atoms with van der Waals surface area (Å²) in [5.74, 6) is -0.559. The molecule has 168 valence electrons. The van der Waals surface area contributed by atoms with E-state index in [1.807, 2.05) is 12.1 Å². The first-order chi connectivity index (χ1) is 15.2. The van der Waals surface area contributed by atoms with Crippen molar-refractivity contribution in [3.8, 4) is 11.5 Å². The Morgan fingerprint density at radius 3 is 2.28 bits per heavy atom. The molecule has 0 saturated heterocycles. The van der Waals surface area contributed by atoms with Gasteiger partial charge in [-0.1, -0.05) is 51.3 Å². The Morgan fingerprint density at radius 2 is 1.66 bits per heavy atom. The summed E-state index contributed by atoms with van der Waals surface area (Å²) >= 11 is 16.1. The zero-order valence-electron chi connectivity index (χ0n) is 16.7. The van der Waals surface area contributed by atoms with Gasteiger partial charge in [0.1, 0.15) is 30.8 Å². The summed E-state index contributed by atoms with van der Waals surface area (Å²) in [6.45, 7) is 0.376. The minimum Gasteiger partial charge on any atom is -0.488 e. The van der Waals surface area contributed by atoms with Crippen LogP contribution in [0.4, 0.5) is 4.39 Å². The number of carbonyl (C=O) groups is 1. The van der Waals surface area contributed by atoms with Crippen LogP contribution in [-0.2, 0) is 24.4 Å². The highest BCUT2D eigenvalue weighted by Crippen LogP contribution is 2.36. The molecule has 3 aromatic rings. The van der Waals surface area contributed by atoms with E-state index in [-0.39, 0.29) is 41.2 Å². The summed E-state index contributed by atoms with van der Waals surface area (Å²) < 4.78 is 25.7. The highest BCUT2D eigenvalue weighted by atomic mass is 79.9. The van der Waals surface area contributed by atoms with Crippen LogP contribution in [0.2, 0.25) is 10.0 Å². The second-order valence-corrected chi connectivity index (χ2v) is 8.72. The second-order valence-electron chi connectivity index (χ2n) is 6.99. The Hall–Kier alpha value is -2.32. The van der Waals surface area contributed by atoms with Gasteiger partial charge >= 0.3 is 5.97 Å². The standard InChI is InChI=1S/C23H19BrCl2FNO4/c24-16-3-6-21(31-11-13-1-4-17(27)5-2-13)15(10-16)12-32-22-18(25)7-14(8-19(22)26)9-20(28)23(29)30/h1-8,10,20H,9,11-12,28H2,(H,29,30). The number of carboxylic acids is 1. The summed E-state index contributed by atoms with van der Waals surface area (Å²) in [7, 11) is 0. The monoisotopic (exact) mass is 541 g/mol. The Kier molecular flexibility index (Phi) is 8.37. The molecule has 0 aliphatic carbocycles. The van der Waals surface area contributed by atoms with Gasteiger partial charge < -0.3 is 20.3 Å². The lowest BCUT2D eigenvalue weighted by molar-refractivity contribution is -0.138. The SMILES string of the molecule is NC(Cc1cc(Cl)c(OCc2cc(Br)ccc2OCc2ccc(F)cc2)c(Cl)c1)C(=O)O. The molecule has 0 fully saturated rings. The molecule has 0 aromatic heterocycles. The van der Waals surface area contributed by atoms with Crippen molar-refractivity contribution in [2.45, 2.75) is 25.7 Å². The highest BCUT2D eigenvalue weighted by Gasteiger charge is 2.16. The number of halogens is 4. The van der Waals surface area contributed by atoms with Crippen LogP contribution in [0.5, 0.6) is 11.5 Å². The minimum atomic E-state index is -1.11. The van der Waals surface area contributed by atoms with Crippen LogP contribution < -0.4 is 15.2 Å². The van der Waals surface area contributed by atoms with Crippen LogP contribution in [0.3, 0.4) is 0 Å². The zero-order valence-corrected chi connectivity index (χ0v) is 19.8. The molecular formula is C23H19BrCl2FNO4. The quantitative estimate of drug-likeness (QED) is 0.346. The van der Waals surface area contributed by atoms with Crippen LogP contribution in [-0.4, -0.2) is 17.1 Å². The summed E-state index contributed by atoms with van der Waals surface area (Å²) in [4.78, 5) is 11.0. The molecule has 0 aliphatic rings. The van der Waals surface area contributed by atoms with Crippen LogP contribution in [0.1, 0.15) is 16.7 Å². The molecule has 0 radical (unpaired) electrons. The fourth-order valence-electron chi connectivity index (χ4n) is 2.90. The molecule has 1 unspecified atom stereocenters. The number of rotatable bonds is 9. The number of hydrogen-bond donors (Lipinski definition) is 2. The summed E-state index contributed by atoms with van der Waals surface area (Å²) in [6, 6.07) is 13.7. The number of ether oxygens (including phenoxy) is 2. The molecule has 9 heteroatoms. The van der Waals surface area contributed by atoms with Crippen LogP contribution >= 0.6 is 39.1 Å². The van der Waals surface area contributed by atoms with Gasteiger partial charge in [0.05, 0.1) is 10.0 Å². The van der Waals surface area contributed by atoms with Crippen molar-refractivity contribution in [2.75, 3.05) is 0 Å². The zero-order chi connectivity index (χ0) is 23.3. The van der Waals surface area contributed by atoms with Gasteiger partial charge in [-0.05, 0) is 60.0 Å². The Labute approximate surface area is 203 Å². The third-order valence-corrected chi connectivity index (χ3v) is 5.59. The van der Waals surface area contributed by atoms with Gasteiger partial charge in [0.15, 0.2) is 5.75 Å². The Balaban J connectivity index is 1.72. The molecule has 3 rings (SSSR count). The molecular weight excluding hydrogens is 524 g/mol. The van der Waals surface area contributed by atoms with Gasteiger partial charge in [-0.3, -0.25) is 4.79 Å². The van der Waals surface area contributed by atoms with E-state index in [1.54, 1.807) is 30.3 Å². The first-order valence-electron chi connectivity index (χ1n) is 9.47. The lowest BCUT2D eigenvalue weighted by atomic mass is 10.1. The maximum atomic E-state index is 13.1. The first-order valence-corrected chi connectivity index (χ1v) is 11.0. The molecule has 0 spiro atoms. The van der Waals surface area contributed by atoms with E-state index in [0.717, 1.165) is 15.6 Å². The molecule has 32 heavy (non-hydrogen) atoms. The van der Waals surface area contributed by atoms with E-state index in [9.17, 15) is 9.18 Å². The summed E-state index contributed by atoms with van der Waals surface area (Å²) in [6.07, 6.45) is 0.0854. The fraction of sp³-hybridized carbons (Fsp3) is 0.174. The van der Waals surface area contributed by atoms with Gasteiger partial charge in [-0.2, -0.15) is 0 Å². The first kappa shape index (κ1) is 24.3.